The first kappa shape index (κ1) is 24.6. The number of carbonyl (C=O) groups is 2. The quantitative estimate of drug-likeness (QED) is 0.332. The average Bonchev–Trinajstić information content (AvgIpc) is 3.24. The molecule has 0 saturated heterocycles. The molecule has 0 fully saturated rings. The van der Waals surface area contributed by atoms with Gasteiger partial charge in [0.05, 0.1) is 10.5 Å². The number of nitro benzene ring substituents is 1. The number of halogens is 3. The minimum absolute atomic E-state index is 0.111. The summed E-state index contributed by atoms with van der Waals surface area (Å²) >= 11 is 0. The number of benzene rings is 2. The van der Waals surface area contributed by atoms with Crippen LogP contribution in [-0.2, 0) is 27.0 Å². The highest BCUT2D eigenvalue weighted by Crippen LogP contribution is 2.35. The molecule has 0 saturated carbocycles. The largest absolute Gasteiger partial charge is 0.454 e. The molecule has 10 nitrogen and oxygen atoms in total. The molecule has 2 unspecified atom stereocenters. The molecule has 0 spiro atoms. The Kier molecular flexibility index (Phi) is 7.13. The second-order valence-electron chi connectivity index (χ2n) is 7.34. The minimum Gasteiger partial charge on any atom is -0.454 e. The summed E-state index contributed by atoms with van der Waals surface area (Å²) < 4.78 is 54.1. The van der Waals surface area contributed by atoms with Gasteiger partial charge >= 0.3 is 12.1 Å². The zero-order valence-corrected chi connectivity index (χ0v) is 18.0. The fraction of sp³-hybridized carbons (Fsp3) is 0.333. The van der Waals surface area contributed by atoms with Crippen LogP contribution in [0.2, 0.25) is 0 Å². The first-order valence-electron chi connectivity index (χ1n) is 9.94. The molecule has 0 aromatic heterocycles. The van der Waals surface area contributed by atoms with Crippen molar-refractivity contribution in [1.82, 2.24) is 5.32 Å². The number of rotatable bonds is 8. The molecule has 2 aromatic carbocycles. The number of carbonyl (C=O) groups excluding carboxylic acids is 2. The summed E-state index contributed by atoms with van der Waals surface area (Å²) in [5.74, 6) is -0.394. The van der Waals surface area contributed by atoms with E-state index in [0.717, 1.165) is 11.6 Å². The maximum atomic E-state index is 12.8. The molecular formula is C21H20F3N3O7. The lowest BCUT2D eigenvalue weighted by Gasteiger charge is -2.18. The molecule has 1 aliphatic heterocycles. The van der Waals surface area contributed by atoms with Crippen molar-refractivity contribution >= 4 is 23.3 Å². The number of hydrogen-bond acceptors (Lipinski definition) is 8. The lowest BCUT2D eigenvalue weighted by atomic mass is 10.1. The van der Waals surface area contributed by atoms with E-state index in [1.807, 2.05) is 0 Å². The van der Waals surface area contributed by atoms with Crippen LogP contribution in [0.3, 0.4) is 0 Å². The maximum Gasteiger partial charge on any atom is 0.416 e. The van der Waals surface area contributed by atoms with Gasteiger partial charge < -0.3 is 24.8 Å². The van der Waals surface area contributed by atoms with Crippen LogP contribution in [0, 0.1) is 10.1 Å². The predicted molar refractivity (Wildman–Crippen MR) is 111 cm³/mol. The van der Waals surface area contributed by atoms with Crippen molar-refractivity contribution in [2.45, 2.75) is 38.7 Å². The van der Waals surface area contributed by atoms with Gasteiger partial charge in [-0.1, -0.05) is 6.07 Å². The molecule has 182 valence electrons. The molecule has 3 rings (SSSR count). The summed E-state index contributed by atoms with van der Waals surface area (Å²) in [5.41, 5.74) is -1.64. The van der Waals surface area contributed by atoms with E-state index in [9.17, 15) is 32.9 Å². The Morgan fingerprint density at radius 3 is 2.53 bits per heavy atom. The summed E-state index contributed by atoms with van der Waals surface area (Å²) in [4.78, 5) is 34.8. The Morgan fingerprint density at radius 2 is 1.85 bits per heavy atom. The lowest BCUT2D eigenvalue weighted by molar-refractivity contribution is -0.384. The molecule has 2 atom stereocenters. The van der Waals surface area contributed by atoms with Gasteiger partial charge in [0.25, 0.3) is 11.6 Å². The molecule has 2 aromatic rings. The molecule has 13 heteroatoms. The zero-order valence-electron chi connectivity index (χ0n) is 18.0. The van der Waals surface area contributed by atoms with Crippen LogP contribution in [0.25, 0.3) is 0 Å². The highest BCUT2D eigenvalue weighted by molar-refractivity contribution is 5.86. The maximum absolute atomic E-state index is 12.8. The van der Waals surface area contributed by atoms with Crippen molar-refractivity contribution in [2.24, 2.45) is 0 Å². The second kappa shape index (κ2) is 9.85. The third-order valence-electron chi connectivity index (χ3n) is 4.81. The van der Waals surface area contributed by atoms with Crippen molar-refractivity contribution in [3.63, 3.8) is 0 Å². The fourth-order valence-corrected chi connectivity index (χ4v) is 2.99. The molecule has 0 radical (unpaired) electrons. The number of nitrogens with one attached hydrogen (secondary N) is 2. The van der Waals surface area contributed by atoms with Crippen LogP contribution in [-0.4, -0.2) is 35.7 Å². The number of nitro groups is 1. The van der Waals surface area contributed by atoms with E-state index in [2.05, 4.69) is 10.6 Å². The molecule has 1 amide bonds. The highest BCUT2D eigenvalue weighted by atomic mass is 19.4. The Balaban J connectivity index is 1.56. The Morgan fingerprint density at radius 1 is 1.15 bits per heavy atom. The number of amides is 1. The Hall–Kier alpha value is -4.03. The number of esters is 1. The molecule has 34 heavy (non-hydrogen) atoms. The number of alkyl halides is 3. The number of nitrogens with zero attached hydrogens (tertiary/aromatic N) is 1. The van der Waals surface area contributed by atoms with Gasteiger partial charge in [-0.25, -0.2) is 4.79 Å². The van der Waals surface area contributed by atoms with Crippen molar-refractivity contribution in [3.8, 4) is 11.5 Å². The summed E-state index contributed by atoms with van der Waals surface area (Å²) in [6.45, 7) is 2.87. The van der Waals surface area contributed by atoms with Crippen LogP contribution >= 0.6 is 0 Å². The fourth-order valence-electron chi connectivity index (χ4n) is 2.99. The topological polar surface area (TPSA) is 129 Å². The van der Waals surface area contributed by atoms with Gasteiger partial charge in [-0.2, -0.15) is 13.2 Å². The lowest BCUT2D eigenvalue weighted by Crippen LogP contribution is -2.39. The summed E-state index contributed by atoms with van der Waals surface area (Å²) in [5, 5.41) is 16.2. The molecule has 0 bridgehead atoms. The standard InChI is InChI=1S/C21H20F3N3O7/c1-11(26-15-5-4-14(21(22,23)24)8-16(15)27(30)31)20(29)34-12(2)19(28)25-9-13-3-6-17-18(7-13)33-10-32-17/h3-8,11-12,26H,9-10H2,1-2H3,(H,25,28). The first-order chi connectivity index (χ1) is 16.0. The number of fused-ring (bicyclic) bond motifs is 1. The van der Waals surface area contributed by atoms with E-state index in [1.165, 1.54) is 13.8 Å². The van der Waals surface area contributed by atoms with Gasteiger partial charge in [0.1, 0.15) is 11.7 Å². The second-order valence-corrected chi connectivity index (χ2v) is 7.34. The third-order valence-corrected chi connectivity index (χ3v) is 4.81. The van der Waals surface area contributed by atoms with E-state index < -0.39 is 46.4 Å². The van der Waals surface area contributed by atoms with Crippen LogP contribution in [0.5, 0.6) is 11.5 Å². The number of anilines is 1. The van der Waals surface area contributed by atoms with Crippen molar-refractivity contribution in [2.75, 3.05) is 12.1 Å². The van der Waals surface area contributed by atoms with Gasteiger partial charge in [0.2, 0.25) is 6.79 Å². The van der Waals surface area contributed by atoms with E-state index >= 15 is 0 Å². The van der Waals surface area contributed by atoms with E-state index in [4.69, 9.17) is 14.2 Å². The van der Waals surface area contributed by atoms with E-state index in [0.29, 0.717) is 23.6 Å². The molecule has 0 aliphatic carbocycles. The third kappa shape index (κ3) is 5.85. The van der Waals surface area contributed by atoms with Gasteiger partial charge in [0, 0.05) is 12.6 Å². The Labute approximate surface area is 191 Å². The first-order valence-corrected chi connectivity index (χ1v) is 9.94. The molecule has 1 aliphatic rings. The monoisotopic (exact) mass is 483 g/mol. The van der Waals surface area contributed by atoms with Crippen LogP contribution in [0.4, 0.5) is 24.5 Å². The van der Waals surface area contributed by atoms with Gasteiger partial charge in [-0.15, -0.1) is 0 Å². The zero-order chi connectivity index (χ0) is 25.0. The van der Waals surface area contributed by atoms with Crippen LogP contribution < -0.4 is 20.1 Å². The van der Waals surface area contributed by atoms with E-state index in [1.54, 1.807) is 18.2 Å². The van der Waals surface area contributed by atoms with Gasteiger partial charge in [-0.05, 0) is 43.7 Å². The van der Waals surface area contributed by atoms with Crippen molar-refractivity contribution in [1.29, 1.82) is 0 Å². The molecule has 1 heterocycles. The van der Waals surface area contributed by atoms with Gasteiger partial charge in [0.15, 0.2) is 17.6 Å². The predicted octanol–water partition coefficient (Wildman–Crippen LogP) is 3.39. The molecule has 2 N–H and O–H groups in total. The van der Waals surface area contributed by atoms with Gasteiger partial charge in [-0.3, -0.25) is 14.9 Å². The average molecular weight is 483 g/mol. The Bertz CT molecular complexity index is 1110. The number of ether oxygens (including phenoxy) is 3. The van der Waals surface area contributed by atoms with Crippen LogP contribution in [0.1, 0.15) is 25.0 Å². The SMILES string of the molecule is CC(Nc1ccc(C(F)(F)F)cc1[N+](=O)[O-])C(=O)OC(C)C(=O)NCc1ccc2c(c1)OCO2. The van der Waals surface area contributed by atoms with Crippen molar-refractivity contribution < 1.29 is 41.9 Å². The summed E-state index contributed by atoms with van der Waals surface area (Å²) in [7, 11) is 0. The van der Waals surface area contributed by atoms with Crippen molar-refractivity contribution in [3.05, 3.63) is 57.6 Å². The smallest absolute Gasteiger partial charge is 0.416 e. The van der Waals surface area contributed by atoms with Crippen LogP contribution in [0.15, 0.2) is 36.4 Å². The normalized spacial score (nSPS) is 14.1. The highest BCUT2D eigenvalue weighted by Gasteiger charge is 2.33. The van der Waals surface area contributed by atoms with E-state index in [-0.39, 0.29) is 19.0 Å². The number of hydrogen-bond donors (Lipinski definition) is 2. The minimum atomic E-state index is -4.77. The summed E-state index contributed by atoms with van der Waals surface area (Å²) in [6, 6.07) is 5.80. The molecular weight excluding hydrogens is 463 g/mol. The summed E-state index contributed by atoms with van der Waals surface area (Å²) in [6.07, 6.45) is -5.97.